The Morgan fingerprint density at radius 2 is 1.74 bits per heavy atom. The normalized spacial score (nSPS) is 12.7. The van der Waals surface area contributed by atoms with Gasteiger partial charge in [0.1, 0.15) is 11.6 Å². The van der Waals surface area contributed by atoms with Crippen molar-refractivity contribution >= 4 is 27.8 Å². The van der Waals surface area contributed by atoms with Crippen LogP contribution in [0.2, 0.25) is 0 Å². The lowest BCUT2D eigenvalue weighted by molar-refractivity contribution is -0.119. The molecule has 0 bridgehead atoms. The third kappa shape index (κ3) is 5.42. The van der Waals surface area contributed by atoms with Gasteiger partial charge < -0.3 is 10.1 Å². The minimum atomic E-state index is -0.692. The van der Waals surface area contributed by atoms with Crippen molar-refractivity contribution in [1.82, 2.24) is 5.32 Å². The molecular formula is C14H18BrNO3. The highest BCUT2D eigenvalue weighted by Crippen LogP contribution is 2.18. The van der Waals surface area contributed by atoms with E-state index in [0.29, 0.717) is 0 Å². The molecule has 0 aromatic heterocycles. The Balaban J connectivity index is 2.82. The van der Waals surface area contributed by atoms with Crippen LogP contribution < -0.4 is 5.32 Å². The molecule has 1 rings (SSSR count). The topological polar surface area (TPSA) is 55.4 Å². The average Bonchev–Trinajstić information content (AvgIpc) is 2.24. The second kappa shape index (κ2) is 6.19. The lowest BCUT2D eigenvalue weighted by Crippen LogP contribution is -2.37. The number of Topliss-reactive ketones (excluding diaryl/α,β-unsaturated/α-hetero) is 1. The quantitative estimate of drug-likeness (QED) is 0.922. The summed E-state index contributed by atoms with van der Waals surface area (Å²) in [5.74, 6) is -0.145. The van der Waals surface area contributed by atoms with Crippen molar-refractivity contribution in [3.63, 3.8) is 0 Å². The zero-order valence-corrected chi connectivity index (χ0v) is 13.1. The van der Waals surface area contributed by atoms with Crippen LogP contribution in [0.25, 0.3) is 0 Å². The molecule has 104 valence electrons. The van der Waals surface area contributed by atoms with E-state index in [1.807, 2.05) is 12.1 Å². The molecule has 0 fully saturated rings. The number of amides is 1. The first-order valence-corrected chi connectivity index (χ1v) is 6.74. The van der Waals surface area contributed by atoms with E-state index in [0.717, 1.165) is 10.0 Å². The summed E-state index contributed by atoms with van der Waals surface area (Å²) >= 11 is 3.33. The van der Waals surface area contributed by atoms with Crippen molar-refractivity contribution in [3.05, 3.63) is 34.3 Å². The van der Waals surface area contributed by atoms with E-state index in [4.69, 9.17) is 4.74 Å². The molecule has 0 saturated heterocycles. The molecule has 0 aliphatic heterocycles. The standard InChI is InChI=1S/C14H18BrNO3/c1-9(17)12(10-5-7-11(15)8-6-10)16-13(18)19-14(2,3)4/h5-8,12H,1-4H3,(H,16,18). The fourth-order valence-electron chi connectivity index (χ4n) is 1.50. The lowest BCUT2D eigenvalue weighted by atomic mass is 10.0. The number of carbonyl (C=O) groups excluding carboxylic acids is 2. The Morgan fingerprint density at radius 1 is 1.21 bits per heavy atom. The van der Waals surface area contributed by atoms with Crippen LogP contribution in [0.3, 0.4) is 0 Å². The predicted octanol–water partition coefficient (Wildman–Crippen LogP) is 3.60. The number of nitrogens with one attached hydrogen (secondary N) is 1. The van der Waals surface area contributed by atoms with Crippen molar-refractivity contribution in [2.24, 2.45) is 0 Å². The largest absolute Gasteiger partial charge is 0.444 e. The summed E-state index contributed by atoms with van der Waals surface area (Å²) in [5, 5.41) is 2.58. The van der Waals surface area contributed by atoms with E-state index in [2.05, 4.69) is 21.2 Å². The summed E-state index contributed by atoms with van der Waals surface area (Å²) in [6.07, 6.45) is -0.601. The van der Waals surface area contributed by atoms with Crippen molar-refractivity contribution in [3.8, 4) is 0 Å². The summed E-state index contributed by atoms with van der Waals surface area (Å²) in [6.45, 7) is 6.75. The summed E-state index contributed by atoms with van der Waals surface area (Å²) in [4.78, 5) is 23.4. The Labute approximate surface area is 121 Å². The van der Waals surface area contributed by atoms with E-state index in [1.165, 1.54) is 6.92 Å². The maximum Gasteiger partial charge on any atom is 0.408 e. The molecule has 1 aromatic rings. The minimum Gasteiger partial charge on any atom is -0.444 e. The number of rotatable bonds is 3. The Hall–Kier alpha value is -1.36. The van der Waals surface area contributed by atoms with E-state index >= 15 is 0 Å². The van der Waals surface area contributed by atoms with Crippen LogP contribution in [0.4, 0.5) is 4.79 Å². The summed E-state index contributed by atoms with van der Waals surface area (Å²) in [7, 11) is 0. The Morgan fingerprint density at radius 3 is 2.16 bits per heavy atom. The van der Waals surface area contributed by atoms with Gasteiger partial charge in [0.25, 0.3) is 0 Å². The predicted molar refractivity (Wildman–Crippen MR) is 76.9 cm³/mol. The molecule has 1 atom stereocenters. The maximum absolute atomic E-state index is 11.7. The second-order valence-electron chi connectivity index (χ2n) is 5.24. The molecule has 1 N–H and O–H groups in total. The van der Waals surface area contributed by atoms with Crippen molar-refractivity contribution in [2.45, 2.75) is 39.3 Å². The third-order valence-electron chi connectivity index (χ3n) is 2.27. The summed E-state index contributed by atoms with van der Waals surface area (Å²) in [5.41, 5.74) is 0.132. The van der Waals surface area contributed by atoms with Crippen LogP contribution in [0, 0.1) is 0 Å². The van der Waals surface area contributed by atoms with Crippen LogP contribution in [0.5, 0.6) is 0 Å². The van der Waals surface area contributed by atoms with Gasteiger partial charge in [-0.25, -0.2) is 4.79 Å². The highest BCUT2D eigenvalue weighted by atomic mass is 79.9. The number of hydrogen-bond acceptors (Lipinski definition) is 3. The molecule has 5 heteroatoms. The molecule has 1 amide bonds. The molecule has 0 radical (unpaired) electrons. The molecule has 1 unspecified atom stereocenters. The molecule has 4 nitrogen and oxygen atoms in total. The van der Waals surface area contributed by atoms with Crippen LogP contribution in [0.15, 0.2) is 28.7 Å². The first-order valence-electron chi connectivity index (χ1n) is 5.94. The van der Waals surface area contributed by atoms with Crippen molar-refractivity contribution in [1.29, 1.82) is 0 Å². The number of alkyl carbamates (subject to hydrolysis) is 1. The number of carbonyl (C=O) groups is 2. The van der Waals surface area contributed by atoms with Crippen molar-refractivity contribution in [2.75, 3.05) is 0 Å². The van der Waals surface area contributed by atoms with Gasteiger partial charge in [0, 0.05) is 4.47 Å². The smallest absolute Gasteiger partial charge is 0.408 e. The SMILES string of the molecule is CC(=O)C(NC(=O)OC(C)(C)C)c1ccc(Br)cc1. The number of ketones is 1. The van der Waals surface area contributed by atoms with Crippen LogP contribution >= 0.6 is 15.9 Å². The fourth-order valence-corrected chi connectivity index (χ4v) is 1.76. The monoisotopic (exact) mass is 327 g/mol. The zero-order valence-electron chi connectivity index (χ0n) is 11.5. The molecule has 19 heavy (non-hydrogen) atoms. The number of benzene rings is 1. The first kappa shape index (κ1) is 15.7. The fraction of sp³-hybridized carbons (Fsp3) is 0.429. The summed E-state index contributed by atoms with van der Waals surface area (Å²) < 4.78 is 6.06. The number of ether oxygens (including phenoxy) is 1. The van der Waals surface area contributed by atoms with Crippen LogP contribution in [-0.4, -0.2) is 17.5 Å². The average molecular weight is 328 g/mol. The molecule has 0 heterocycles. The third-order valence-corrected chi connectivity index (χ3v) is 2.80. The number of halogens is 1. The van der Waals surface area contributed by atoms with Gasteiger partial charge in [0.15, 0.2) is 5.78 Å². The Kier molecular flexibility index (Phi) is 5.11. The molecule has 0 aliphatic carbocycles. The van der Waals surface area contributed by atoms with Gasteiger partial charge in [-0.2, -0.15) is 0 Å². The van der Waals surface area contributed by atoms with Gasteiger partial charge in [-0.15, -0.1) is 0 Å². The molecule has 0 spiro atoms. The van der Waals surface area contributed by atoms with Gasteiger partial charge in [0.2, 0.25) is 0 Å². The maximum atomic E-state index is 11.7. The Bertz CT molecular complexity index is 463. The number of hydrogen-bond donors (Lipinski definition) is 1. The van der Waals surface area contributed by atoms with E-state index < -0.39 is 17.7 Å². The van der Waals surface area contributed by atoms with Gasteiger partial charge in [-0.3, -0.25) is 4.79 Å². The molecule has 0 aliphatic rings. The van der Waals surface area contributed by atoms with Gasteiger partial charge in [-0.05, 0) is 45.4 Å². The highest BCUT2D eigenvalue weighted by Gasteiger charge is 2.23. The molecule has 0 saturated carbocycles. The van der Waals surface area contributed by atoms with Crippen LogP contribution in [0.1, 0.15) is 39.3 Å². The van der Waals surface area contributed by atoms with E-state index in [1.54, 1.807) is 32.9 Å². The minimum absolute atomic E-state index is 0.145. The second-order valence-corrected chi connectivity index (χ2v) is 6.16. The van der Waals surface area contributed by atoms with E-state index in [-0.39, 0.29) is 5.78 Å². The molecule has 1 aromatic carbocycles. The van der Waals surface area contributed by atoms with Crippen LogP contribution in [-0.2, 0) is 9.53 Å². The van der Waals surface area contributed by atoms with Gasteiger partial charge >= 0.3 is 6.09 Å². The first-order chi connectivity index (χ1) is 8.69. The van der Waals surface area contributed by atoms with Crippen molar-refractivity contribution < 1.29 is 14.3 Å². The highest BCUT2D eigenvalue weighted by molar-refractivity contribution is 9.10. The van der Waals surface area contributed by atoms with E-state index in [9.17, 15) is 9.59 Å². The van der Waals surface area contributed by atoms with Gasteiger partial charge in [0.05, 0.1) is 0 Å². The summed E-state index contributed by atoms with van der Waals surface area (Å²) in [6, 6.07) is 6.52. The van der Waals surface area contributed by atoms with Gasteiger partial charge in [-0.1, -0.05) is 28.1 Å². The lowest BCUT2D eigenvalue weighted by Gasteiger charge is -2.22. The zero-order chi connectivity index (χ0) is 14.6. The molecular weight excluding hydrogens is 310 g/mol.